The van der Waals surface area contributed by atoms with Crippen molar-refractivity contribution in [2.24, 2.45) is 0 Å². The number of ether oxygens (including phenoxy) is 2. The van der Waals surface area contributed by atoms with Crippen LogP contribution in [0.5, 0.6) is 11.5 Å². The Bertz CT molecular complexity index is 497. The highest BCUT2D eigenvalue weighted by Gasteiger charge is 2.21. The van der Waals surface area contributed by atoms with Gasteiger partial charge in [0.05, 0.1) is 14.2 Å². The molecule has 0 aromatic heterocycles. The fourth-order valence-electron chi connectivity index (χ4n) is 2.77. The summed E-state index contributed by atoms with van der Waals surface area (Å²) < 4.78 is 10.7. The molecule has 1 heterocycles. The summed E-state index contributed by atoms with van der Waals surface area (Å²) in [4.78, 5) is 16.2. The summed E-state index contributed by atoms with van der Waals surface area (Å²) in [5.74, 6) is 2.00. The van der Waals surface area contributed by atoms with E-state index in [0.29, 0.717) is 6.42 Å². The first-order valence-corrected chi connectivity index (χ1v) is 7.89. The largest absolute Gasteiger partial charge is 0.497 e. The standard InChI is InChI=1S/C17H26N2O3/c1-4-5-17(20)19-10-8-18(9-11-19)13-14-12-15(21-2)6-7-16(14)22-3/h6-7,12H,4-5,8-11,13H2,1-3H3. The van der Waals surface area contributed by atoms with Gasteiger partial charge in [-0.1, -0.05) is 6.92 Å². The molecule has 1 aromatic carbocycles. The number of methoxy groups -OCH3 is 2. The van der Waals surface area contributed by atoms with Crippen LogP contribution in [0.15, 0.2) is 18.2 Å². The average Bonchev–Trinajstić information content (AvgIpc) is 2.55. The van der Waals surface area contributed by atoms with Crippen molar-refractivity contribution in [2.45, 2.75) is 26.3 Å². The van der Waals surface area contributed by atoms with Gasteiger partial charge in [0, 0.05) is 44.7 Å². The Hall–Kier alpha value is -1.75. The van der Waals surface area contributed by atoms with Gasteiger partial charge in [0.25, 0.3) is 0 Å². The molecule has 0 atom stereocenters. The van der Waals surface area contributed by atoms with Crippen LogP contribution in [0.25, 0.3) is 0 Å². The van der Waals surface area contributed by atoms with Gasteiger partial charge in [0.1, 0.15) is 11.5 Å². The van der Waals surface area contributed by atoms with E-state index in [0.717, 1.165) is 56.2 Å². The molecule has 1 amide bonds. The van der Waals surface area contributed by atoms with Crippen LogP contribution in [0.1, 0.15) is 25.3 Å². The van der Waals surface area contributed by atoms with Crippen molar-refractivity contribution in [2.75, 3.05) is 40.4 Å². The van der Waals surface area contributed by atoms with Gasteiger partial charge in [-0.15, -0.1) is 0 Å². The van der Waals surface area contributed by atoms with E-state index in [1.54, 1.807) is 14.2 Å². The molecule has 1 aliphatic heterocycles. The Morgan fingerprint density at radius 3 is 2.45 bits per heavy atom. The number of rotatable bonds is 6. The van der Waals surface area contributed by atoms with E-state index in [4.69, 9.17) is 9.47 Å². The van der Waals surface area contributed by atoms with Crippen molar-refractivity contribution < 1.29 is 14.3 Å². The maximum Gasteiger partial charge on any atom is 0.222 e. The summed E-state index contributed by atoms with van der Waals surface area (Å²) in [7, 11) is 3.36. The smallest absolute Gasteiger partial charge is 0.222 e. The van der Waals surface area contributed by atoms with Crippen LogP contribution in [-0.2, 0) is 11.3 Å². The second-order valence-electron chi connectivity index (χ2n) is 5.58. The number of piperazine rings is 1. The van der Waals surface area contributed by atoms with E-state index in [1.807, 2.05) is 30.0 Å². The highest BCUT2D eigenvalue weighted by atomic mass is 16.5. The fourth-order valence-corrected chi connectivity index (χ4v) is 2.77. The van der Waals surface area contributed by atoms with Crippen LogP contribution < -0.4 is 9.47 Å². The zero-order chi connectivity index (χ0) is 15.9. The fraction of sp³-hybridized carbons (Fsp3) is 0.588. The van der Waals surface area contributed by atoms with Crippen molar-refractivity contribution in [3.63, 3.8) is 0 Å². The molecule has 1 saturated heterocycles. The Labute approximate surface area is 132 Å². The van der Waals surface area contributed by atoms with E-state index in [9.17, 15) is 4.79 Å². The Kier molecular flexibility index (Phi) is 6.07. The van der Waals surface area contributed by atoms with Crippen LogP contribution in [0.4, 0.5) is 0 Å². The van der Waals surface area contributed by atoms with E-state index >= 15 is 0 Å². The van der Waals surface area contributed by atoms with Gasteiger partial charge in [0.15, 0.2) is 0 Å². The number of nitrogens with zero attached hydrogens (tertiary/aromatic N) is 2. The van der Waals surface area contributed by atoms with Gasteiger partial charge in [-0.25, -0.2) is 0 Å². The second-order valence-corrected chi connectivity index (χ2v) is 5.58. The van der Waals surface area contributed by atoms with Crippen molar-refractivity contribution in [3.05, 3.63) is 23.8 Å². The molecular formula is C17H26N2O3. The first kappa shape index (κ1) is 16.6. The lowest BCUT2D eigenvalue weighted by Crippen LogP contribution is -2.48. The number of hydrogen-bond donors (Lipinski definition) is 0. The van der Waals surface area contributed by atoms with Crippen molar-refractivity contribution in [1.29, 1.82) is 0 Å². The topological polar surface area (TPSA) is 42.0 Å². The normalized spacial score (nSPS) is 15.7. The lowest BCUT2D eigenvalue weighted by molar-refractivity contribution is -0.133. The lowest BCUT2D eigenvalue weighted by Gasteiger charge is -2.35. The molecule has 0 N–H and O–H groups in total. The molecule has 1 aliphatic rings. The first-order chi connectivity index (χ1) is 10.7. The quantitative estimate of drug-likeness (QED) is 0.807. The van der Waals surface area contributed by atoms with Crippen LogP contribution in [0, 0.1) is 0 Å². The van der Waals surface area contributed by atoms with Crippen LogP contribution >= 0.6 is 0 Å². The molecule has 5 nitrogen and oxygen atoms in total. The summed E-state index contributed by atoms with van der Waals surface area (Å²) >= 11 is 0. The minimum atomic E-state index is 0.279. The van der Waals surface area contributed by atoms with Gasteiger partial charge in [-0.2, -0.15) is 0 Å². The Morgan fingerprint density at radius 2 is 1.86 bits per heavy atom. The third kappa shape index (κ3) is 4.13. The van der Waals surface area contributed by atoms with E-state index in [1.165, 1.54) is 0 Å². The molecule has 0 bridgehead atoms. The molecule has 1 aromatic rings. The Balaban J connectivity index is 1.94. The van der Waals surface area contributed by atoms with E-state index in [-0.39, 0.29) is 5.91 Å². The molecule has 122 valence electrons. The molecule has 0 radical (unpaired) electrons. The number of carbonyl (C=O) groups is 1. The SMILES string of the molecule is CCCC(=O)N1CCN(Cc2cc(OC)ccc2OC)CC1. The summed E-state index contributed by atoms with van der Waals surface area (Å²) in [6.45, 7) is 6.28. The van der Waals surface area contributed by atoms with Crippen LogP contribution in [0.3, 0.4) is 0 Å². The summed E-state index contributed by atoms with van der Waals surface area (Å²) in [5.41, 5.74) is 1.12. The molecule has 22 heavy (non-hydrogen) atoms. The first-order valence-electron chi connectivity index (χ1n) is 7.89. The van der Waals surface area contributed by atoms with Gasteiger partial charge in [0.2, 0.25) is 5.91 Å². The average molecular weight is 306 g/mol. The Morgan fingerprint density at radius 1 is 1.14 bits per heavy atom. The summed E-state index contributed by atoms with van der Waals surface area (Å²) in [5, 5.41) is 0. The van der Waals surface area contributed by atoms with Gasteiger partial charge in [-0.3, -0.25) is 9.69 Å². The van der Waals surface area contributed by atoms with Crippen molar-refractivity contribution in [1.82, 2.24) is 9.80 Å². The van der Waals surface area contributed by atoms with Gasteiger partial charge >= 0.3 is 0 Å². The predicted octanol–water partition coefficient (Wildman–Crippen LogP) is 2.15. The third-order valence-corrected chi connectivity index (χ3v) is 4.07. The number of hydrogen-bond acceptors (Lipinski definition) is 4. The third-order valence-electron chi connectivity index (χ3n) is 4.07. The highest BCUT2D eigenvalue weighted by molar-refractivity contribution is 5.76. The number of carbonyl (C=O) groups excluding carboxylic acids is 1. The lowest BCUT2D eigenvalue weighted by atomic mass is 10.1. The van der Waals surface area contributed by atoms with E-state index in [2.05, 4.69) is 4.90 Å². The maximum atomic E-state index is 11.9. The molecule has 0 aliphatic carbocycles. The zero-order valence-corrected chi connectivity index (χ0v) is 13.8. The van der Waals surface area contributed by atoms with Crippen molar-refractivity contribution >= 4 is 5.91 Å². The van der Waals surface area contributed by atoms with Crippen LogP contribution in [-0.4, -0.2) is 56.1 Å². The minimum Gasteiger partial charge on any atom is -0.497 e. The second kappa shape index (κ2) is 8.03. The summed E-state index contributed by atoms with van der Waals surface area (Å²) in [6, 6.07) is 5.87. The predicted molar refractivity (Wildman–Crippen MR) is 86.3 cm³/mol. The monoisotopic (exact) mass is 306 g/mol. The molecule has 0 saturated carbocycles. The van der Waals surface area contributed by atoms with Gasteiger partial charge < -0.3 is 14.4 Å². The number of amides is 1. The molecule has 1 fully saturated rings. The van der Waals surface area contributed by atoms with Crippen molar-refractivity contribution in [3.8, 4) is 11.5 Å². The molecule has 5 heteroatoms. The molecular weight excluding hydrogens is 280 g/mol. The maximum absolute atomic E-state index is 11.9. The highest BCUT2D eigenvalue weighted by Crippen LogP contribution is 2.25. The molecule has 0 unspecified atom stereocenters. The zero-order valence-electron chi connectivity index (χ0n) is 13.8. The van der Waals surface area contributed by atoms with Gasteiger partial charge in [-0.05, 0) is 24.6 Å². The van der Waals surface area contributed by atoms with E-state index < -0.39 is 0 Å². The summed E-state index contributed by atoms with van der Waals surface area (Å²) in [6.07, 6.45) is 1.57. The molecule has 2 rings (SSSR count). The van der Waals surface area contributed by atoms with Crippen LogP contribution in [0.2, 0.25) is 0 Å². The molecule has 0 spiro atoms. The minimum absolute atomic E-state index is 0.279. The number of benzene rings is 1.